The van der Waals surface area contributed by atoms with Crippen LogP contribution in [0.15, 0.2) is 5.57 Å². The lowest BCUT2D eigenvalue weighted by Crippen LogP contribution is -2.06. The smallest absolute Gasteiger partial charge is 0.333 e. The monoisotopic (exact) mass is 344 g/mol. The van der Waals surface area contributed by atoms with E-state index < -0.39 is 5.97 Å². The second-order valence-corrected chi connectivity index (χ2v) is 4.79. The molecule has 0 aromatic heterocycles. The van der Waals surface area contributed by atoms with E-state index in [9.17, 15) is 4.79 Å². The number of esters is 1. The van der Waals surface area contributed by atoms with Crippen LogP contribution < -0.4 is 18.9 Å². The highest BCUT2D eigenvalue weighted by Gasteiger charge is 2.26. The van der Waals surface area contributed by atoms with Crippen molar-refractivity contribution in [3.8, 4) is 23.0 Å². The van der Waals surface area contributed by atoms with Crippen molar-refractivity contribution in [2.24, 2.45) is 0 Å². The number of carbonyl (C=O) groups excluding carboxylic acids is 1. The van der Waals surface area contributed by atoms with Gasteiger partial charge in [-0.1, -0.05) is 11.6 Å². The molecule has 0 N–H and O–H groups in total. The van der Waals surface area contributed by atoms with Crippen molar-refractivity contribution in [1.29, 1.82) is 0 Å². The van der Waals surface area contributed by atoms with Gasteiger partial charge in [0.2, 0.25) is 11.5 Å². The summed E-state index contributed by atoms with van der Waals surface area (Å²) in [7, 11) is 5.87. The van der Waals surface area contributed by atoms with Crippen LogP contribution in [0.2, 0.25) is 5.02 Å². The van der Waals surface area contributed by atoms with E-state index in [-0.39, 0.29) is 17.4 Å². The van der Waals surface area contributed by atoms with Gasteiger partial charge < -0.3 is 23.7 Å². The fourth-order valence-corrected chi connectivity index (χ4v) is 2.36. The molecule has 0 bridgehead atoms. The standard InChI is InChI=1S/C16H21ClO6/c1-7-23-16(18)9(2)8-10-11(17)13(20-4)15(22-6)14(21-5)12(10)19-3/h8H,7H2,1-6H3. The lowest BCUT2D eigenvalue weighted by atomic mass is 10.1. The predicted octanol–water partition coefficient (Wildman–Crippen LogP) is 3.34. The number of methoxy groups -OCH3 is 4. The van der Waals surface area contributed by atoms with Gasteiger partial charge in [-0.3, -0.25) is 0 Å². The molecular weight excluding hydrogens is 324 g/mol. The van der Waals surface area contributed by atoms with Crippen LogP contribution in [-0.2, 0) is 9.53 Å². The van der Waals surface area contributed by atoms with E-state index in [0.717, 1.165) is 0 Å². The minimum atomic E-state index is -0.445. The van der Waals surface area contributed by atoms with Crippen molar-refractivity contribution in [3.05, 3.63) is 16.2 Å². The summed E-state index contributed by atoms with van der Waals surface area (Å²) in [5, 5.41) is 0.241. The molecule has 0 heterocycles. The number of carbonyl (C=O) groups is 1. The fraction of sp³-hybridized carbons (Fsp3) is 0.438. The number of hydrogen-bond donors (Lipinski definition) is 0. The summed E-state index contributed by atoms with van der Waals surface area (Å²) in [5.74, 6) is 0.801. The van der Waals surface area contributed by atoms with Crippen LogP contribution in [0.1, 0.15) is 19.4 Å². The Hall–Kier alpha value is -2.08. The largest absolute Gasteiger partial charge is 0.492 e. The molecule has 0 spiro atoms. The van der Waals surface area contributed by atoms with Crippen molar-refractivity contribution >= 4 is 23.6 Å². The van der Waals surface area contributed by atoms with E-state index in [1.54, 1.807) is 19.9 Å². The minimum absolute atomic E-state index is 0.241. The van der Waals surface area contributed by atoms with Crippen molar-refractivity contribution in [1.82, 2.24) is 0 Å². The Morgan fingerprint density at radius 1 is 0.957 bits per heavy atom. The van der Waals surface area contributed by atoms with E-state index in [1.165, 1.54) is 28.4 Å². The lowest BCUT2D eigenvalue weighted by molar-refractivity contribution is -0.138. The van der Waals surface area contributed by atoms with Crippen LogP contribution in [0.25, 0.3) is 6.08 Å². The summed E-state index contributed by atoms with van der Waals surface area (Å²) in [6, 6.07) is 0. The van der Waals surface area contributed by atoms with Crippen LogP contribution >= 0.6 is 11.6 Å². The molecule has 0 amide bonds. The SMILES string of the molecule is CCOC(=O)C(C)=Cc1c(Cl)c(OC)c(OC)c(OC)c1OC. The molecule has 0 aliphatic carbocycles. The Balaban J connectivity index is 3.65. The molecule has 128 valence electrons. The number of rotatable bonds is 7. The average Bonchev–Trinajstić information content (AvgIpc) is 2.55. The van der Waals surface area contributed by atoms with Gasteiger partial charge in [0, 0.05) is 11.1 Å². The molecule has 0 unspecified atom stereocenters. The van der Waals surface area contributed by atoms with Gasteiger partial charge in [0.1, 0.15) is 0 Å². The Bertz CT molecular complexity index is 609. The first-order chi connectivity index (χ1) is 11.0. The highest BCUT2D eigenvalue weighted by Crippen LogP contribution is 2.52. The van der Waals surface area contributed by atoms with E-state index in [1.807, 2.05) is 0 Å². The summed E-state index contributed by atoms with van der Waals surface area (Å²) >= 11 is 6.39. The quantitative estimate of drug-likeness (QED) is 0.558. The molecule has 23 heavy (non-hydrogen) atoms. The van der Waals surface area contributed by atoms with Crippen molar-refractivity contribution in [3.63, 3.8) is 0 Å². The molecule has 1 rings (SSSR count). The summed E-state index contributed by atoms with van der Waals surface area (Å²) in [6.07, 6.45) is 1.56. The number of halogens is 1. The normalized spacial score (nSPS) is 11.0. The maximum Gasteiger partial charge on any atom is 0.333 e. The molecule has 0 saturated carbocycles. The topological polar surface area (TPSA) is 63.2 Å². The van der Waals surface area contributed by atoms with Gasteiger partial charge in [0.05, 0.1) is 40.1 Å². The third-order valence-electron chi connectivity index (χ3n) is 3.07. The van der Waals surface area contributed by atoms with Gasteiger partial charge in [0.25, 0.3) is 0 Å². The third-order valence-corrected chi connectivity index (χ3v) is 3.45. The first-order valence-electron chi connectivity index (χ1n) is 6.87. The highest BCUT2D eigenvalue weighted by atomic mass is 35.5. The molecule has 0 saturated heterocycles. The van der Waals surface area contributed by atoms with Gasteiger partial charge in [-0.25, -0.2) is 4.79 Å². The predicted molar refractivity (Wildman–Crippen MR) is 87.9 cm³/mol. The zero-order valence-electron chi connectivity index (χ0n) is 14.1. The Labute approximate surface area is 140 Å². The Kier molecular flexibility index (Phi) is 7.03. The van der Waals surface area contributed by atoms with Crippen molar-refractivity contribution in [2.45, 2.75) is 13.8 Å². The van der Waals surface area contributed by atoms with E-state index in [0.29, 0.717) is 28.4 Å². The Morgan fingerprint density at radius 3 is 1.87 bits per heavy atom. The van der Waals surface area contributed by atoms with Crippen LogP contribution in [0.3, 0.4) is 0 Å². The molecule has 1 aromatic rings. The summed E-state index contributed by atoms with van der Waals surface area (Å²) in [5.41, 5.74) is 0.801. The second-order valence-electron chi connectivity index (χ2n) is 4.41. The zero-order valence-corrected chi connectivity index (χ0v) is 14.9. The number of ether oxygens (including phenoxy) is 5. The van der Waals surface area contributed by atoms with Crippen LogP contribution in [0.4, 0.5) is 0 Å². The average molecular weight is 345 g/mol. The highest BCUT2D eigenvalue weighted by molar-refractivity contribution is 6.34. The molecule has 0 aliphatic rings. The van der Waals surface area contributed by atoms with Crippen molar-refractivity contribution in [2.75, 3.05) is 35.0 Å². The van der Waals surface area contributed by atoms with Crippen LogP contribution in [0, 0.1) is 0 Å². The molecule has 0 atom stereocenters. The summed E-state index contributed by atoms with van der Waals surface area (Å²) in [4.78, 5) is 11.8. The third kappa shape index (κ3) is 3.82. The first-order valence-corrected chi connectivity index (χ1v) is 7.25. The van der Waals surface area contributed by atoms with E-state index in [4.69, 9.17) is 35.3 Å². The molecule has 0 fully saturated rings. The molecule has 7 heteroatoms. The van der Waals surface area contributed by atoms with E-state index in [2.05, 4.69) is 0 Å². The second kappa shape index (κ2) is 8.53. The minimum Gasteiger partial charge on any atom is -0.492 e. The molecule has 0 aliphatic heterocycles. The molecular formula is C16H21ClO6. The van der Waals surface area contributed by atoms with Crippen LogP contribution in [0.5, 0.6) is 23.0 Å². The van der Waals surface area contributed by atoms with Crippen LogP contribution in [-0.4, -0.2) is 41.0 Å². The zero-order chi connectivity index (χ0) is 17.6. The van der Waals surface area contributed by atoms with Crippen molar-refractivity contribution < 1.29 is 28.5 Å². The molecule has 6 nitrogen and oxygen atoms in total. The summed E-state index contributed by atoms with van der Waals surface area (Å²) in [6.45, 7) is 3.64. The van der Waals surface area contributed by atoms with Gasteiger partial charge in [-0.15, -0.1) is 0 Å². The molecule has 1 aromatic carbocycles. The first kappa shape index (κ1) is 19.0. The van der Waals surface area contributed by atoms with E-state index >= 15 is 0 Å². The van der Waals surface area contributed by atoms with Gasteiger partial charge in [-0.05, 0) is 19.9 Å². The summed E-state index contributed by atoms with van der Waals surface area (Å²) < 4.78 is 26.3. The number of benzene rings is 1. The van der Waals surface area contributed by atoms with Gasteiger partial charge >= 0.3 is 5.97 Å². The van der Waals surface area contributed by atoms with Gasteiger partial charge in [0.15, 0.2) is 11.5 Å². The maximum absolute atomic E-state index is 11.8. The van der Waals surface area contributed by atoms with Gasteiger partial charge in [-0.2, -0.15) is 0 Å². The lowest BCUT2D eigenvalue weighted by Gasteiger charge is -2.19. The fourth-order valence-electron chi connectivity index (χ4n) is 2.06. The Morgan fingerprint density at radius 2 is 1.43 bits per heavy atom. The molecule has 0 radical (unpaired) electrons. The number of hydrogen-bond acceptors (Lipinski definition) is 6. The maximum atomic E-state index is 11.8.